The third-order valence-electron chi connectivity index (χ3n) is 4.58. The van der Waals surface area contributed by atoms with Crippen LogP contribution in [-0.4, -0.2) is 34.5 Å². The van der Waals surface area contributed by atoms with Gasteiger partial charge < -0.3 is 9.64 Å². The van der Waals surface area contributed by atoms with Crippen LogP contribution < -0.4 is 9.64 Å². The summed E-state index contributed by atoms with van der Waals surface area (Å²) in [4.78, 5) is 19.2. The predicted octanol–water partition coefficient (Wildman–Crippen LogP) is 3.56. The third kappa shape index (κ3) is 2.88. The molecule has 124 valence electrons. The van der Waals surface area contributed by atoms with Gasteiger partial charge in [0.2, 0.25) is 5.88 Å². The molecule has 0 bridgehead atoms. The number of carbonyl (C=O) groups is 1. The molecule has 1 fully saturated rings. The third-order valence-corrected chi connectivity index (χ3v) is 5.72. The number of para-hydroxylation sites is 1. The van der Waals surface area contributed by atoms with Gasteiger partial charge in [0.15, 0.2) is 0 Å². The number of amides is 1. The minimum Gasteiger partial charge on any atom is -0.473 e. The van der Waals surface area contributed by atoms with Gasteiger partial charge >= 0.3 is 0 Å². The zero-order valence-corrected chi connectivity index (χ0v) is 14.5. The first-order valence-electron chi connectivity index (χ1n) is 8.34. The molecule has 2 aliphatic rings. The predicted molar refractivity (Wildman–Crippen MR) is 97.0 cm³/mol. The first kappa shape index (κ1) is 15.5. The fraction of sp³-hybridized carbons (Fsp3) is 0.368. The largest absolute Gasteiger partial charge is 0.473 e. The summed E-state index contributed by atoms with van der Waals surface area (Å²) in [6.07, 6.45) is 3.81. The van der Waals surface area contributed by atoms with E-state index in [1.807, 2.05) is 34.9 Å². The summed E-state index contributed by atoms with van der Waals surface area (Å²) in [5.74, 6) is 2.69. The van der Waals surface area contributed by atoms with Crippen LogP contribution in [0.15, 0.2) is 42.6 Å². The van der Waals surface area contributed by atoms with E-state index in [9.17, 15) is 4.79 Å². The quantitative estimate of drug-likeness (QED) is 0.857. The van der Waals surface area contributed by atoms with Gasteiger partial charge in [-0.25, -0.2) is 4.98 Å². The van der Waals surface area contributed by atoms with E-state index in [0.29, 0.717) is 11.4 Å². The van der Waals surface area contributed by atoms with Gasteiger partial charge in [0.1, 0.15) is 6.10 Å². The summed E-state index contributed by atoms with van der Waals surface area (Å²) in [6.45, 7) is 2.09. The van der Waals surface area contributed by atoms with Gasteiger partial charge in [-0.2, -0.15) is 11.8 Å². The highest BCUT2D eigenvalue weighted by molar-refractivity contribution is 7.99. The van der Waals surface area contributed by atoms with Crippen molar-refractivity contribution in [1.29, 1.82) is 0 Å². The SMILES string of the molecule is CC1Cc2ccccc2N1C(=O)c1ccnc(OC2CCSC2)c1. The number of pyridine rings is 1. The first-order valence-corrected chi connectivity index (χ1v) is 9.50. The Bertz CT molecular complexity index is 759. The first-order chi connectivity index (χ1) is 11.7. The average molecular weight is 340 g/mol. The molecule has 3 heterocycles. The van der Waals surface area contributed by atoms with Crippen LogP contribution in [0.5, 0.6) is 5.88 Å². The van der Waals surface area contributed by atoms with E-state index in [1.54, 1.807) is 18.3 Å². The Kier molecular flexibility index (Phi) is 4.19. The van der Waals surface area contributed by atoms with Gasteiger partial charge in [0.05, 0.1) is 0 Å². The maximum Gasteiger partial charge on any atom is 0.258 e. The number of hydrogen-bond acceptors (Lipinski definition) is 4. The molecular weight excluding hydrogens is 320 g/mol. The highest BCUT2D eigenvalue weighted by Gasteiger charge is 2.31. The zero-order chi connectivity index (χ0) is 16.5. The van der Waals surface area contributed by atoms with E-state index in [1.165, 1.54) is 5.56 Å². The molecular formula is C19H20N2O2S. The second-order valence-electron chi connectivity index (χ2n) is 6.34. The summed E-state index contributed by atoms with van der Waals surface area (Å²) in [5, 5.41) is 0. The molecule has 2 aliphatic heterocycles. The van der Waals surface area contributed by atoms with E-state index in [0.717, 1.165) is 30.0 Å². The van der Waals surface area contributed by atoms with E-state index in [2.05, 4.69) is 18.0 Å². The van der Waals surface area contributed by atoms with Gasteiger partial charge in [0, 0.05) is 35.3 Å². The second-order valence-corrected chi connectivity index (χ2v) is 7.49. The Labute approximate surface area is 146 Å². The number of benzene rings is 1. The van der Waals surface area contributed by atoms with Crippen molar-refractivity contribution in [2.75, 3.05) is 16.4 Å². The number of rotatable bonds is 3. The average Bonchev–Trinajstić information content (AvgIpc) is 3.21. The van der Waals surface area contributed by atoms with Crippen molar-refractivity contribution < 1.29 is 9.53 Å². The van der Waals surface area contributed by atoms with Crippen LogP contribution in [0, 0.1) is 0 Å². The van der Waals surface area contributed by atoms with Crippen LogP contribution in [-0.2, 0) is 6.42 Å². The fourth-order valence-corrected chi connectivity index (χ4v) is 4.49. The van der Waals surface area contributed by atoms with Crippen molar-refractivity contribution in [1.82, 2.24) is 4.98 Å². The Balaban J connectivity index is 1.58. The van der Waals surface area contributed by atoms with Crippen molar-refractivity contribution in [2.24, 2.45) is 0 Å². The zero-order valence-electron chi connectivity index (χ0n) is 13.6. The summed E-state index contributed by atoms with van der Waals surface area (Å²) in [5.41, 5.74) is 2.88. The Morgan fingerprint density at radius 1 is 1.33 bits per heavy atom. The van der Waals surface area contributed by atoms with Crippen molar-refractivity contribution in [2.45, 2.75) is 31.9 Å². The van der Waals surface area contributed by atoms with Crippen LogP contribution in [0.4, 0.5) is 5.69 Å². The van der Waals surface area contributed by atoms with Crippen molar-refractivity contribution in [3.8, 4) is 5.88 Å². The number of thioether (sulfide) groups is 1. The van der Waals surface area contributed by atoms with E-state index < -0.39 is 0 Å². The number of hydrogen-bond donors (Lipinski definition) is 0. The topological polar surface area (TPSA) is 42.4 Å². The number of anilines is 1. The molecule has 0 aliphatic carbocycles. The monoisotopic (exact) mass is 340 g/mol. The van der Waals surface area contributed by atoms with Gasteiger partial charge in [0.25, 0.3) is 5.91 Å². The molecule has 24 heavy (non-hydrogen) atoms. The molecule has 5 heteroatoms. The maximum absolute atomic E-state index is 13.0. The van der Waals surface area contributed by atoms with Gasteiger partial charge in [-0.05, 0) is 43.2 Å². The molecule has 0 N–H and O–H groups in total. The molecule has 0 saturated carbocycles. The lowest BCUT2D eigenvalue weighted by Crippen LogP contribution is -2.35. The minimum atomic E-state index is 0.0143. The number of carbonyl (C=O) groups excluding carboxylic acids is 1. The molecule has 0 spiro atoms. The minimum absolute atomic E-state index is 0.0143. The number of aromatic nitrogens is 1. The molecule has 2 atom stereocenters. The number of ether oxygens (including phenoxy) is 1. The van der Waals surface area contributed by atoms with Crippen LogP contribution >= 0.6 is 11.8 Å². The summed E-state index contributed by atoms with van der Waals surface area (Å²) in [6, 6.07) is 11.8. The van der Waals surface area contributed by atoms with Crippen molar-refractivity contribution in [3.63, 3.8) is 0 Å². The highest BCUT2D eigenvalue weighted by Crippen LogP contribution is 2.33. The van der Waals surface area contributed by atoms with Crippen LogP contribution in [0.25, 0.3) is 0 Å². The van der Waals surface area contributed by atoms with Crippen LogP contribution in [0.1, 0.15) is 29.3 Å². The molecule has 1 aromatic heterocycles. The molecule has 4 rings (SSSR count). The molecule has 1 saturated heterocycles. The van der Waals surface area contributed by atoms with E-state index >= 15 is 0 Å². The van der Waals surface area contributed by atoms with E-state index in [4.69, 9.17) is 4.74 Å². The van der Waals surface area contributed by atoms with Gasteiger partial charge in [-0.1, -0.05) is 18.2 Å². The lowest BCUT2D eigenvalue weighted by Gasteiger charge is -2.23. The molecule has 1 aromatic carbocycles. The van der Waals surface area contributed by atoms with Crippen LogP contribution in [0.2, 0.25) is 0 Å². The standard InChI is InChI=1S/C19H20N2O2S/c1-13-10-14-4-2-3-5-17(14)21(13)19(22)15-6-8-20-18(11-15)23-16-7-9-24-12-16/h2-6,8,11,13,16H,7,9-10,12H2,1H3. The Hall–Kier alpha value is -2.01. The molecule has 1 amide bonds. The van der Waals surface area contributed by atoms with Gasteiger partial charge in [-0.15, -0.1) is 0 Å². The normalized spacial score (nSPS) is 22.5. The Morgan fingerprint density at radius 3 is 3.04 bits per heavy atom. The maximum atomic E-state index is 13.0. The molecule has 2 aromatic rings. The number of nitrogens with zero attached hydrogens (tertiary/aromatic N) is 2. The smallest absolute Gasteiger partial charge is 0.258 e. The Morgan fingerprint density at radius 2 is 2.21 bits per heavy atom. The van der Waals surface area contributed by atoms with E-state index in [-0.39, 0.29) is 18.1 Å². The second kappa shape index (κ2) is 6.48. The fourth-order valence-electron chi connectivity index (χ4n) is 3.40. The molecule has 2 unspecified atom stereocenters. The lowest BCUT2D eigenvalue weighted by atomic mass is 10.1. The molecule has 4 nitrogen and oxygen atoms in total. The summed E-state index contributed by atoms with van der Waals surface area (Å²) < 4.78 is 5.92. The number of fused-ring (bicyclic) bond motifs is 1. The van der Waals surface area contributed by atoms with Crippen molar-refractivity contribution >= 4 is 23.4 Å². The summed E-state index contributed by atoms with van der Waals surface area (Å²) in [7, 11) is 0. The molecule has 0 radical (unpaired) electrons. The highest BCUT2D eigenvalue weighted by atomic mass is 32.2. The van der Waals surface area contributed by atoms with Crippen molar-refractivity contribution in [3.05, 3.63) is 53.7 Å². The van der Waals surface area contributed by atoms with Crippen LogP contribution in [0.3, 0.4) is 0 Å². The summed E-state index contributed by atoms with van der Waals surface area (Å²) >= 11 is 1.90. The lowest BCUT2D eigenvalue weighted by molar-refractivity contribution is 0.0980. The van der Waals surface area contributed by atoms with Gasteiger partial charge in [-0.3, -0.25) is 4.79 Å².